The van der Waals surface area contributed by atoms with E-state index in [9.17, 15) is 9.59 Å². The molecule has 0 saturated heterocycles. The smallest absolute Gasteiger partial charge is 0.337 e. The van der Waals surface area contributed by atoms with Gasteiger partial charge in [0.2, 0.25) is 5.91 Å². The molecule has 0 unspecified atom stereocenters. The molecule has 0 spiro atoms. The highest BCUT2D eigenvalue weighted by Gasteiger charge is 2.20. The van der Waals surface area contributed by atoms with E-state index in [-0.39, 0.29) is 17.4 Å². The molecule has 4 nitrogen and oxygen atoms in total. The molecule has 0 fully saturated rings. The summed E-state index contributed by atoms with van der Waals surface area (Å²) >= 11 is 0. The van der Waals surface area contributed by atoms with E-state index in [1.807, 2.05) is 12.2 Å². The van der Waals surface area contributed by atoms with Gasteiger partial charge in [-0.2, -0.15) is 0 Å². The number of aromatic carboxylic acids is 1. The van der Waals surface area contributed by atoms with Crippen molar-refractivity contribution in [2.24, 2.45) is 5.92 Å². The van der Waals surface area contributed by atoms with E-state index in [0.717, 1.165) is 12.8 Å². The van der Waals surface area contributed by atoms with Crippen LogP contribution in [-0.2, 0) is 4.79 Å². The highest BCUT2D eigenvalue weighted by atomic mass is 16.4. The molecule has 0 atom stereocenters. The number of carbonyl (C=O) groups excluding carboxylic acids is 1. The topological polar surface area (TPSA) is 66.4 Å². The molecular weight excluding hydrogens is 218 g/mol. The number of hydrogen-bond donors (Lipinski definition) is 2. The van der Waals surface area contributed by atoms with E-state index >= 15 is 0 Å². The summed E-state index contributed by atoms with van der Waals surface area (Å²) in [7, 11) is 0. The molecule has 1 aliphatic rings. The lowest BCUT2D eigenvalue weighted by Gasteiger charge is -2.12. The predicted molar refractivity (Wildman–Crippen MR) is 63.9 cm³/mol. The summed E-state index contributed by atoms with van der Waals surface area (Å²) in [6, 6.07) is 6.42. The fourth-order valence-corrected chi connectivity index (χ4v) is 1.84. The molecule has 0 heterocycles. The van der Waals surface area contributed by atoms with Gasteiger partial charge in [-0.15, -0.1) is 0 Å². The lowest BCUT2D eigenvalue weighted by atomic mass is 10.1. The van der Waals surface area contributed by atoms with Crippen molar-refractivity contribution >= 4 is 17.6 Å². The van der Waals surface area contributed by atoms with Crippen LogP contribution in [-0.4, -0.2) is 17.0 Å². The Kier molecular flexibility index (Phi) is 3.23. The van der Waals surface area contributed by atoms with Crippen molar-refractivity contribution in [3.63, 3.8) is 0 Å². The summed E-state index contributed by atoms with van der Waals surface area (Å²) in [5.74, 6) is -1.23. The molecule has 0 bridgehead atoms. The maximum atomic E-state index is 11.8. The molecule has 0 saturated carbocycles. The van der Waals surface area contributed by atoms with Crippen molar-refractivity contribution < 1.29 is 14.7 Å². The minimum atomic E-state index is -1.04. The molecule has 88 valence electrons. The summed E-state index contributed by atoms with van der Waals surface area (Å²) in [6.07, 6.45) is 5.38. The summed E-state index contributed by atoms with van der Waals surface area (Å²) in [6.45, 7) is 0. The molecular formula is C13H13NO3. The molecule has 17 heavy (non-hydrogen) atoms. The average Bonchev–Trinajstić information content (AvgIpc) is 2.83. The number of anilines is 1. The van der Waals surface area contributed by atoms with E-state index in [1.54, 1.807) is 18.2 Å². The van der Waals surface area contributed by atoms with Gasteiger partial charge in [-0.3, -0.25) is 4.79 Å². The fourth-order valence-electron chi connectivity index (χ4n) is 1.84. The first-order valence-corrected chi connectivity index (χ1v) is 5.46. The Hall–Kier alpha value is -2.10. The van der Waals surface area contributed by atoms with Gasteiger partial charge < -0.3 is 10.4 Å². The Labute approximate surface area is 99.0 Å². The van der Waals surface area contributed by atoms with Crippen LogP contribution < -0.4 is 5.32 Å². The predicted octanol–water partition coefficient (Wildman–Crippen LogP) is 2.29. The molecule has 1 aromatic carbocycles. The van der Waals surface area contributed by atoms with Crippen LogP contribution in [0.1, 0.15) is 23.2 Å². The van der Waals surface area contributed by atoms with Crippen molar-refractivity contribution in [1.29, 1.82) is 0 Å². The number of carbonyl (C=O) groups is 2. The Morgan fingerprint density at radius 3 is 2.47 bits per heavy atom. The van der Waals surface area contributed by atoms with Gasteiger partial charge in [0.25, 0.3) is 0 Å². The van der Waals surface area contributed by atoms with E-state index in [0.29, 0.717) is 5.69 Å². The number of nitrogens with one attached hydrogen (secondary N) is 1. The largest absolute Gasteiger partial charge is 0.478 e. The Bertz CT molecular complexity index is 471. The summed E-state index contributed by atoms with van der Waals surface area (Å²) in [5.41, 5.74) is 0.476. The lowest BCUT2D eigenvalue weighted by Crippen LogP contribution is -2.21. The van der Waals surface area contributed by atoms with Gasteiger partial charge in [-0.1, -0.05) is 24.3 Å². The Morgan fingerprint density at radius 1 is 1.18 bits per heavy atom. The van der Waals surface area contributed by atoms with Gasteiger partial charge in [0, 0.05) is 5.92 Å². The standard InChI is InChI=1S/C13H13NO3/c15-12(9-5-1-2-6-9)14-11-8-4-3-7-10(11)13(16)17/h1-4,7-9H,5-6H2,(H,14,15)(H,16,17). The van der Waals surface area contributed by atoms with Crippen LogP contribution in [0.2, 0.25) is 0 Å². The zero-order valence-corrected chi connectivity index (χ0v) is 9.22. The van der Waals surface area contributed by atoms with Crippen molar-refractivity contribution in [3.8, 4) is 0 Å². The van der Waals surface area contributed by atoms with E-state index in [1.165, 1.54) is 6.07 Å². The molecule has 0 radical (unpaired) electrons. The van der Waals surface area contributed by atoms with Crippen LogP contribution in [0.3, 0.4) is 0 Å². The van der Waals surface area contributed by atoms with Gasteiger partial charge in [-0.25, -0.2) is 4.79 Å². The van der Waals surface area contributed by atoms with Gasteiger partial charge >= 0.3 is 5.97 Å². The van der Waals surface area contributed by atoms with E-state index in [2.05, 4.69) is 5.32 Å². The first-order valence-electron chi connectivity index (χ1n) is 5.46. The molecule has 0 aromatic heterocycles. The van der Waals surface area contributed by atoms with Gasteiger partial charge in [0.05, 0.1) is 11.3 Å². The Morgan fingerprint density at radius 2 is 1.82 bits per heavy atom. The molecule has 1 aliphatic carbocycles. The van der Waals surface area contributed by atoms with Crippen LogP contribution in [0.15, 0.2) is 36.4 Å². The van der Waals surface area contributed by atoms with Gasteiger partial charge in [-0.05, 0) is 25.0 Å². The number of hydrogen-bond acceptors (Lipinski definition) is 2. The third-order valence-electron chi connectivity index (χ3n) is 2.79. The first-order chi connectivity index (χ1) is 8.18. The second-order valence-electron chi connectivity index (χ2n) is 3.98. The fraction of sp³-hybridized carbons (Fsp3) is 0.231. The summed E-state index contributed by atoms with van der Waals surface area (Å²) < 4.78 is 0. The van der Waals surface area contributed by atoms with Crippen LogP contribution in [0.25, 0.3) is 0 Å². The lowest BCUT2D eigenvalue weighted by molar-refractivity contribution is -0.119. The summed E-state index contributed by atoms with van der Waals surface area (Å²) in [5, 5.41) is 11.7. The number of amides is 1. The third kappa shape index (κ3) is 2.53. The van der Waals surface area contributed by atoms with Crippen molar-refractivity contribution in [1.82, 2.24) is 0 Å². The highest BCUT2D eigenvalue weighted by Crippen LogP contribution is 2.21. The van der Waals surface area contributed by atoms with Crippen molar-refractivity contribution in [3.05, 3.63) is 42.0 Å². The normalized spacial score (nSPS) is 14.8. The number of benzene rings is 1. The SMILES string of the molecule is O=C(O)c1ccccc1NC(=O)C1CC=CC1. The number of allylic oxidation sites excluding steroid dienone is 2. The number of rotatable bonds is 3. The Balaban J connectivity index is 2.12. The van der Waals surface area contributed by atoms with Crippen LogP contribution in [0.5, 0.6) is 0 Å². The minimum Gasteiger partial charge on any atom is -0.478 e. The maximum absolute atomic E-state index is 11.8. The molecule has 0 aliphatic heterocycles. The van der Waals surface area contributed by atoms with Crippen molar-refractivity contribution in [2.75, 3.05) is 5.32 Å². The molecule has 1 aromatic rings. The van der Waals surface area contributed by atoms with Gasteiger partial charge in [0.15, 0.2) is 0 Å². The first kappa shape index (κ1) is 11.4. The molecule has 4 heteroatoms. The highest BCUT2D eigenvalue weighted by molar-refractivity contribution is 6.01. The quantitative estimate of drug-likeness (QED) is 0.784. The monoisotopic (exact) mass is 231 g/mol. The van der Waals surface area contributed by atoms with E-state index < -0.39 is 5.97 Å². The number of para-hydroxylation sites is 1. The third-order valence-corrected chi connectivity index (χ3v) is 2.79. The van der Waals surface area contributed by atoms with Crippen LogP contribution >= 0.6 is 0 Å². The molecule has 2 N–H and O–H groups in total. The van der Waals surface area contributed by atoms with Crippen LogP contribution in [0, 0.1) is 5.92 Å². The zero-order chi connectivity index (χ0) is 12.3. The minimum absolute atomic E-state index is 0.0724. The van der Waals surface area contributed by atoms with Crippen LogP contribution in [0.4, 0.5) is 5.69 Å². The summed E-state index contributed by atoms with van der Waals surface area (Å²) in [4.78, 5) is 22.8. The van der Waals surface area contributed by atoms with E-state index in [4.69, 9.17) is 5.11 Å². The second kappa shape index (κ2) is 4.82. The number of carboxylic acids is 1. The van der Waals surface area contributed by atoms with Gasteiger partial charge in [0.1, 0.15) is 0 Å². The molecule has 2 rings (SSSR count). The zero-order valence-electron chi connectivity index (χ0n) is 9.22. The maximum Gasteiger partial charge on any atom is 0.337 e. The number of carboxylic acid groups (broad SMARTS) is 1. The second-order valence-corrected chi connectivity index (χ2v) is 3.98. The van der Waals surface area contributed by atoms with Crippen molar-refractivity contribution in [2.45, 2.75) is 12.8 Å². The molecule has 1 amide bonds. The average molecular weight is 231 g/mol.